The van der Waals surface area contributed by atoms with Crippen molar-refractivity contribution in [2.75, 3.05) is 5.32 Å². The van der Waals surface area contributed by atoms with Gasteiger partial charge in [0.2, 0.25) is 5.91 Å². The molecule has 2 amide bonds. The van der Waals surface area contributed by atoms with Gasteiger partial charge in [0.15, 0.2) is 0 Å². The zero-order valence-electron chi connectivity index (χ0n) is 15.6. The number of nitrogens with zero attached hydrogens (tertiary/aromatic N) is 1. The summed E-state index contributed by atoms with van der Waals surface area (Å²) in [5.41, 5.74) is 2.18. The lowest BCUT2D eigenvalue weighted by atomic mass is 9.86. The van der Waals surface area contributed by atoms with E-state index in [1.165, 1.54) is 38.3 Å². The highest BCUT2D eigenvalue weighted by Gasteiger charge is 2.14. The van der Waals surface area contributed by atoms with E-state index in [0.29, 0.717) is 24.2 Å². The van der Waals surface area contributed by atoms with E-state index in [0.717, 1.165) is 17.9 Å². The summed E-state index contributed by atoms with van der Waals surface area (Å²) in [6.07, 6.45) is 11.3. The second-order valence-electron chi connectivity index (χ2n) is 7.22. The van der Waals surface area contributed by atoms with Crippen molar-refractivity contribution in [3.8, 4) is 0 Å². The number of nitrogens with one attached hydrogen (secondary N) is 2. The van der Waals surface area contributed by atoms with Crippen molar-refractivity contribution in [2.24, 2.45) is 5.92 Å². The first-order valence-electron chi connectivity index (χ1n) is 9.78. The van der Waals surface area contributed by atoms with Gasteiger partial charge in [0.05, 0.1) is 5.56 Å². The van der Waals surface area contributed by atoms with Gasteiger partial charge in [-0.1, -0.05) is 44.2 Å². The highest BCUT2D eigenvalue weighted by atomic mass is 16.2. The smallest absolute Gasteiger partial charge is 0.257 e. The minimum atomic E-state index is -0.197. The summed E-state index contributed by atoms with van der Waals surface area (Å²) in [6.45, 7) is 0.472. The monoisotopic (exact) mass is 365 g/mol. The Hall–Kier alpha value is -2.69. The average molecular weight is 365 g/mol. The minimum absolute atomic E-state index is 0.102. The maximum absolute atomic E-state index is 12.2. The van der Waals surface area contributed by atoms with Gasteiger partial charge in [0, 0.05) is 31.0 Å². The molecule has 0 aliphatic heterocycles. The van der Waals surface area contributed by atoms with Gasteiger partial charge in [-0.2, -0.15) is 0 Å². The summed E-state index contributed by atoms with van der Waals surface area (Å²) in [5, 5.41) is 5.85. The van der Waals surface area contributed by atoms with Crippen molar-refractivity contribution >= 4 is 17.5 Å². The third kappa shape index (κ3) is 6.20. The molecule has 1 saturated carbocycles. The summed E-state index contributed by atoms with van der Waals surface area (Å²) in [7, 11) is 0. The third-order valence-electron chi connectivity index (χ3n) is 5.10. The second-order valence-corrected chi connectivity index (χ2v) is 7.22. The predicted octanol–water partition coefficient (Wildman–Crippen LogP) is 4.31. The Labute approximate surface area is 160 Å². The second kappa shape index (κ2) is 9.86. The number of rotatable bonds is 7. The molecule has 1 aliphatic carbocycles. The Balaban J connectivity index is 1.45. The van der Waals surface area contributed by atoms with E-state index in [-0.39, 0.29) is 11.8 Å². The van der Waals surface area contributed by atoms with E-state index in [1.807, 2.05) is 24.3 Å². The van der Waals surface area contributed by atoms with Crippen molar-refractivity contribution in [3.05, 3.63) is 59.9 Å². The Morgan fingerprint density at radius 3 is 2.70 bits per heavy atom. The van der Waals surface area contributed by atoms with Crippen LogP contribution in [-0.2, 0) is 11.3 Å². The van der Waals surface area contributed by atoms with Crippen LogP contribution in [0.1, 0.15) is 60.9 Å². The molecule has 0 spiro atoms. The van der Waals surface area contributed by atoms with E-state index < -0.39 is 0 Å². The van der Waals surface area contributed by atoms with Gasteiger partial charge in [0.25, 0.3) is 5.91 Å². The minimum Gasteiger partial charge on any atom is -0.352 e. The Morgan fingerprint density at radius 2 is 1.93 bits per heavy atom. The van der Waals surface area contributed by atoms with Crippen LogP contribution in [0.25, 0.3) is 0 Å². The van der Waals surface area contributed by atoms with Crippen LogP contribution in [0.3, 0.4) is 0 Å². The molecule has 0 radical (unpaired) electrons. The summed E-state index contributed by atoms with van der Waals surface area (Å²) in [4.78, 5) is 28.3. The highest BCUT2D eigenvalue weighted by Crippen LogP contribution is 2.27. The van der Waals surface area contributed by atoms with E-state index in [2.05, 4.69) is 15.6 Å². The molecular formula is C22H27N3O2. The van der Waals surface area contributed by atoms with Gasteiger partial charge in [-0.15, -0.1) is 0 Å². The molecule has 2 N–H and O–H groups in total. The van der Waals surface area contributed by atoms with Crippen LogP contribution in [0.4, 0.5) is 5.69 Å². The van der Waals surface area contributed by atoms with Gasteiger partial charge in [-0.25, -0.2) is 0 Å². The lowest BCUT2D eigenvalue weighted by Gasteiger charge is -2.21. The maximum atomic E-state index is 12.2. The molecule has 5 nitrogen and oxygen atoms in total. The molecule has 1 heterocycles. The van der Waals surface area contributed by atoms with Crippen LogP contribution < -0.4 is 10.6 Å². The van der Waals surface area contributed by atoms with E-state index >= 15 is 0 Å². The fourth-order valence-corrected chi connectivity index (χ4v) is 3.56. The zero-order chi connectivity index (χ0) is 18.9. The molecule has 1 fully saturated rings. The molecule has 1 aliphatic rings. The number of benzene rings is 1. The van der Waals surface area contributed by atoms with Gasteiger partial charge < -0.3 is 10.6 Å². The lowest BCUT2D eigenvalue weighted by molar-refractivity contribution is -0.121. The fourth-order valence-electron chi connectivity index (χ4n) is 3.56. The number of hydrogen-bond acceptors (Lipinski definition) is 3. The number of carbonyl (C=O) groups excluding carboxylic acids is 2. The Bertz CT molecular complexity index is 755. The first-order chi connectivity index (χ1) is 13.2. The molecule has 1 aromatic heterocycles. The fraction of sp³-hybridized carbons (Fsp3) is 0.409. The van der Waals surface area contributed by atoms with Crippen molar-refractivity contribution in [2.45, 2.75) is 51.5 Å². The molecule has 0 atom stereocenters. The Kier molecular flexibility index (Phi) is 6.97. The maximum Gasteiger partial charge on any atom is 0.257 e. The topological polar surface area (TPSA) is 71.1 Å². The van der Waals surface area contributed by atoms with Crippen LogP contribution in [0.15, 0.2) is 48.8 Å². The quantitative estimate of drug-likeness (QED) is 0.768. The van der Waals surface area contributed by atoms with Crippen molar-refractivity contribution < 1.29 is 9.59 Å². The first-order valence-corrected chi connectivity index (χ1v) is 9.78. The number of amides is 2. The molecule has 0 unspecified atom stereocenters. The summed E-state index contributed by atoms with van der Waals surface area (Å²) in [5.74, 6) is 0.623. The largest absolute Gasteiger partial charge is 0.352 e. The van der Waals surface area contributed by atoms with Crippen molar-refractivity contribution in [3.63, 3.8) is 0 Å². The normalized spacial score (nSPS) is 14.5. The van der Waals surface area contributed by atoms with Crippen LogP contribution in [0.5, 0.6) is 0 Å². The Morgan fingerprint density at radius 1 is 1.07 bits per heavy atom. The van der Waals surface area contributed by atoms with Crippen LogP contribution >= 0.6 is 0 Å². The lowest BCUT2D eigenvalue weighted by Crippen LogP contribution is -2.23. The summed E-state index contributed by atoms with van der Waals surface area (Å²) >= 11 is 0. The summed E-state index contributed by atoms with van der Waals surface area (Å²) < 4.78 is 0. The van der Waals surface area contributed by atoms with E-state index in [4.69, 9.17) is 0 Å². The molecule has 2 aromatic rings. The van der Waals surface area contributed by atoms with E-state index in [9.17, 15) is 9.59 Å². The molecule has 27 heavy (non-hydrogen) atoms. The van der Waals surface area contributed by atoms with Crippen molar-refractivity contribution in [1.29, 1.82) is 0 Å². The molecule has 3 rings (SSSR count). The number of pyridine rings is 1. The first kappa shape index (κ1) is 19.1. The molecule has 5 heteroatoms. The predicted molar refractivity (Wildman–Crippen MR) is 106 cm³/mol. The molecule has 142 valence electrons. The number of anilines is 1. The van der Waals surface area contributed by atoms with Crippen LogP contribution in [0.2, 0.25) is 0 Å². The van der Waals surface area contributed by atoms with Gasteiger partial charge >= 0.3 is 0 Å². The molecule has 0 bridgehead atoms. The molecule has 1 aromatic carbocycles. The summed E-state index contributed by atoms with van der Waals surface area (Å²) in [6, 6.07) is 11.0. The van der Waals surface area contributed by atoms with E-state index in [1.54, 1.807) is 18.3 Å². The third-order valence-corrected chi connectivity index (χ3v) is 5.10. The SMILES string of the molecule is O=C(CCC1CCCCC1)NCc1cccc(NC(=O)c2cccnc2)c1. The highest BCUT2D eigenvalue weighted by molar-refractivity contribution is 6.04. The number of aromatic nitrogens is 1. The standard InChI is InChI=1S/C22H27N3O2/c26-21(12-11-17-6-2-1-3-7-17)24-15-18-8-4-10-20(14-18)25-22(27)19-9-5-13-23-16-19/h4-5,8-10,13-14,16-17H,1-3,6-7,11-12,15H2,(H,24,26)(H,25,27). The zero-order valence-corrected chi connectivity index (χ0v) is 15.6. The molecule has 0 saturated heterocycles. The van der Waals surface area contributed by atoms with Crippen molar-refractivity contribution in [1.82, 2.24) is 10.3 Å². The number of hydrogen-bond donors (Lipinski definition) is 2. The van der Waals surface area contributed by atoms with Gasteiger partial charge in [-0.3, -0.25) is 14.6 Å². The van der Waals surface area contributed by atoms with Gasteiger partial charge in [0.1, 0.15) is 0 Å². The van der Waals surface area contributed by atoms with Crippen LogP contribution in [0, 0.1) is 5.92 Å². The van der Waals surface area contributed by atoms with Crippen LogP contribution in [-0.4, -0.2) is 16.8 Å². The average Bonchev–Trinajstić information content (AvgIpc) is 2.72. The number of carbonyl (C=O) groups is 2. The van der Waals surface area contributed by atoms with Gasteiger partial charge in [-0.05, 0) is 42.2 Å². The molecular weight excluding hydrogens is 338 g/mol.